The summed E-state index contributed by atoms with van der Waals surface area (Å²) in [6.45, 7) is 4.95. The highest BCUT2D eigenvalue weighted by molar-refractivity contribution is 6.30. The van der Waals surface area contributed by atoms with E-state index in [4.69, 9.17) is 11.6 Å². The van der Waals surface area contributed by atoms with E-state index in [1.807, 2.05) is 36.1 Å². The molecule has 5 heteroatoms. The van der Waals surface area contributed by atoms with Crippen LogP contribution in [-0.2, 0) is 0 Å². The number of nitrogens with zero attached hydrogens (tertiary/aromatic N) is 2. The monoisotopic (exact) mass is 279 g/mol. The van der Waals surface area contributed by atoms with E-state index in [1.54, 1.807) is 12.3 Å². The maximum Gasteiger partial charge on any atom is 0.321 e. The van der Waals surface area contributed by atoms with Gasteiger partial charge in [-0.3, -0.25) is 0 Å². The number of halogens is 1. The molecule has 1 fully saturated rings. The number of allylic oxidation sites excluding steroid dienone is 1. The summed E-state index contributed by atoms with van der Waals surface area (Å²) in [5.74, 6) is 0. The van der Waals surface area contributed by atoms with Gasteiger partial charge in [-0.25, -0.2) is 4.79 Å². The van der Waals surface area contributed by atoms with Gasteiger partial charge in [0.15, 0.2) is 0 Å². The number of hydrogen-bond acceptors (Lipinski definition) is 2. The van der Waals surface area contributed by atoms with Gasteiger partial charge in [0.05, 0.1) is 0 Å². The van der Waals surface area contributed by atoms with E-state index in [2.05, 4.69) is 10.2 Å². The number of piperazine rings is 1. The first-order valence-electron chi connectivity index (χ1n) is 6.38. The van der Waals surface area contributed by atoms with Gasteiger partial charge in [-0.05, 0) is 25.1 Å². The molecule has 1 aromatic rings. The van der Waals surface area contributed by atoms with E-state index in [9.17, 15) is 4.79 Å². The molecule has 4 nitrogen and oxygen atoms in total. The molecule has 0 saturated carbocycles. The Morgan fingerprint density at radius 3 is 2.68 bits per heavy atom. The lowest BCUT2D eigenvalue weighted by Crippen LogP contribution is -2.51. The van der Waals surface area contributed by atoms with Gasteiger partial charge in [0, 0.05) is 43.1 Å². The van der Waals surface area contributed by atoms with Crippen molar-refractivity contribution in [3.63, 3.8) is 0 Å². The van der Waals surface area contributed by atoms with Gasteiger partial charge in [0.1, 0.15) is 0 Å². The summed E-state index contributed by atoms with van der Waals surface area (Å²) in [7, 11) is 0. The summed E-state index contributed by atoms with van der Waals surface area (Å²) < 4.78 is 0. The number of nitrogens with one attached hydrogen (secondary N) is 1. The third-order valence-electron chi connectivity index (χ3n) is 3.11. The van der Waals surface area contributed by atoms with Crippen LogP contribution in [0.4, 0.5) is 10.5 Å². The van der Waals surface area contributed by atoms with Crippen molar-refractivity contribution >= 4 is 23.3 Å². The molecular formula is C14H18ClN3O. The molecule has 0 aliphatic carbocycles. The van der Waals surface area contributed by atoms with E-state index in [0.717, 1.165) is 36.9 Å². The van der Waals surface area contributed by atoms with Crippen LogP contribution in [-0.4, -0.2) is 37.1 Å². The molecule has 0 unspecified atom stereocenters. The fourth-order valence-corrected chi connectivity index (χ4v) is 2.27. The lowest BCUT2D eigenvalue weighted by Gasteiger charge is -2.35. The third kappa shape index (κ3) is 3.64. The smallest absolute Gasteiger partial charge is 0.321 e. The average Bonchev–Trinajstić information content (AvgIpc) is 2.45. The van der Waals surface area contributed by atoms with Crippen LogP contribution in [0.1, 0.15) is 6.92 Å². The van der Waals surface area contributed by atoms with Crippen LogP contribution in [0.2, 0.25) is 5.02 Å². The molecule has 0 radical (unpaired) electrons. The minimum Gasteiger partial charge on any atom is -0.368 e. The van der Waals surface area contributed by atoms with E-state index >= 15 is 0 Å². The van der Waals surface area contributed by atoms with Gasteiger partial charge >= 0.3 is 6.03 Å². The molecule has 1 aliphatic rings. The summed E-state index contributed by atoms with van der Waals surface area (Å²) in [5, 5.41) is 3.47. The van der Waals surface area contributed by atoms with Crippen molar-refractivity contribution in [2.45, 2.75) is 6.92 Å². The number of rotatable bonds is 2. The fraction of sp³-hybridized carbons (Fsp3) is 0.357. The molecule has 1 saturated heterocycles. The highest BCUT2D eigenvalue weighted by Gasteiger charge is 2.20. The largest absolute Gasteiger partial charge is 0.368 e. The summed E-state index contributed by atoms with van der Waals surface area (Å²) >= 11 is 5.99. The van der Waals surface area contributed by atoms with Gasteiger partial charge < -0.3 is 15.1 Å². The lowest BCUT2D eigenvalue weighted by molar-refractivity contribution is 0.198. The van der Waals surface area contributed by atoms with E-state index in [-0.39, 0.29) is 6.03 Å². The number of hydrogen-bond donors (Lipinski definition) is 1. The predicted molar refractivity (Wildman–Crippen MR) is 78.6 cm³/mol. The molecule has 102 valence electrons. The van der Waals surface area contributed by atoms with Crippen LogP contribution >= 0.6 is 11.6 Å². The maximum absolute atomic E-state index is 11.8. The normalized spacial score (nSPS) is 15.9. The highest BCUT2D eigenvalue weighted by Crippen LogP contribution is 2.20. The Balaban J connectivity index is 1.90. The molecule has 0 bridgehead atoms. The first-order valence-corrected chi connectivity index (χ1v) is 6.75. The molecule has 1 N–H and O–H groups in total. The van der Waals surface area contributed by atoms with Gasteiger partial charge in [0.25, 0.3) is 0 Å². The summed E-state index contributed by atoms with van der Waals surface area (Å²) in [4.78, 5) is 15.8. The first kappa shape index (κ1) is 13.7. The van der Waals surface area contributed by atoms with Crippen molar-refractivity contribution in [2.24, 2.45) is 0 Å². The number of amides is 2. The van der Waals surface area contributed by atoms with Gasteiger partial charge in [0.2, 0.25) is 0 Å². The van der Waals surface area contributed by atoms with Crippen LogP contribution < -0.4 is 10.2 Å². The van der Waals surface area contributed by atoms with Crippen LogP contribution in [0, 0.1) is 0 Å². The molecule has 1 aromatic carbocycles. The second kappa shape index (κ2) is 6.48. The van der Waals surface area contributed by atoms with Crippen molar-refractivity contribution in [1.29, 1.82) is 0 Å². The first-order chi connectivity index (χ1) is 9.20. The molecule has 1 aliphatic heterocycles. The Hall–Kier alpha value is -1.68. The Labute approximate surface area is 118 Å². The van der Waals surface area contributed by atoms with Crippen molar-refractivity contribution in [3.8, 4) is 0 Å². The Morgan fingerprint density at radius 2 is 2.05 bits per heavy atom. The average molecular weight is 280 g/mol. The molecule has 0 atom stereocenters. The van der Waals surface area contributed by atoms with Gasteiger partial charge in [-0.1, -0.05) is 23.7 Å². The van der Waals surface area contributed by atoms with Gasteiger partial charge in [-0.15, -0.1) is 0 Å². The zero-order chi connectivity index (χ0) is 13.7. The summed E-state index contributed by atoms with van der Waals surface area (Å²) in [6.07, 6.45) is 3.46. The topological polar surface area (TPSA) is 35.6 Å². The Bertz CT molecular complexity index is 468. The standard InChI is InChI=1S/C14H18ClN3O/c1-2-6-16-14(19)18-9-7-17(8-10-18)13-5-3-4-12(15)11-13/h2-6,11H,7-10H2,1H3,(H,16,19)/b6-2+. The SMILES string of the molecule is C/C=C/NC(=O)N1CCN(c2cccc(Cl)c2)CC1. The predicted octanol–water partition coefficient (Wildman–Crippen LogP) is 2.71. The minimum absolute atomic E-state index is 0.0381. The van der Waals surface area contributed by atoms with Crippen LogP contribution in [0.25, 0.3) is 0 Å². The zero-order valence-corrected chi connectivity index (χ0v) is 11.7. The van der Waals surface area contributed by atoms with Crippen molar-refractivity contribution in [2.75, 3.05) is 31.1 Å². The number of urea groups is 1. The third-order valence-corrected chi connectivity index (χ3v) is 3.35. The summed E-state index contributed by atoms with van der Waals surface area (Å²) in [6, 6.07) is 7.77. The molecule has 2 rings (SSSR count). The van der Waals surface area contributed by atoms with Gasteiger partial charge in [-0.2, -0.15) is 0 Å². The van der Waals surface area contributed by atoms with E-state index in [0.29, 0.717) is 0 Å². The Morgan fingerprint density at radius 1 is 1.32 bits per heavy atom. The van der Waals surface area contributed by atoms with E-state index < -0.39 is 0 Å². The van der Waals surface area contributed by atoms with Crippen molar-refractivity contribution in [1.82, 2.24) is 10.2 Å². The van der Waals surface area contributed by atoms with Crippen molar-refractivity contribution in [3.05, 3.63) is 41.6 Å². The number of benzene rings is 1. The lowest BCUT2D eigenvalue weighted by atomic mass is 10.2. The molecule has 19 heavy (non-hydrogen) atoms. The quantitative estimate of drug-likeness (QED) is 0.903. The van der Waals surface area contributed by atoms with E-state index in [1.165, 1.54) is 0 Å². The second-order valence-corrected chi connectivity index (χ2v) is 4.84. The van der Waals surface area contributed by atoms with Crippen molar-refractivity contribution < 1.29 is 4.79 Å². The summed E-state index contributed by atoms with van der Waals surface area (Å²) in [5.41, 5.74) is 1.11. The van der Waals surface area contributed by atoms with Crippen LogP contribution in [0.3, 0.4) is 0 Å². The molecule has 1 heterocycles. The van der Waals surface area contributed by atoms with Crippen LogP contribution in [0.15, 0.2) is 36.5 Å². The Kier molecular flexibility index (Phi) is 4.68. The fourth-order valence-electron chi connectivity index (χ4n) is 2.09. The zero-order valence-electron chi connectivity index (χ0n) is 11.0. The molecule has 0 spiro atoms. The molecule has 2 amide bonds. The number of anilines is 1. The highest BCUT2D eigenvalue weighted by atomic mass is 35.5. The second-order valence-electron chi connectivity index (χ2n) is 4.40. The molecular weight excluding hydrogens is 262 g/mol. The molecule has 0 aromatic heterocycles. The number of carbonyl (C=O) groups is 1. The minimum atomic E-state index is -0.0381. The number of carbonyl (C=O) groups excluding carboxylic acids is 1. The maximum atomic E-state index is 11.8. The van der Waals surface area contributed by atoms with Crippen LogP contribution in [0.5, 0.6) is 0 Å².